The highest BCUT2D eigenvalue weighted by molar-refractivity contribution is 5.03. The molecule has 0 aliphatic heterocycles. The lowest BCUT2D eigenvalue weighted by Gasteiger charge is -2.01. The predicted molar refractivity (Wildman–Crippen MR) is 47.8 cm³/mol. The number of hydrogen-bond acceptors (Lipinski definition) is 2. The van der Waals surface area contributed by atoms with Crippen molar-refractivity contribution in [3.05, 3.63) is 18.0 Å². The summed E-state index contributed by atoms with van der Waals surface area (Å²) in [7, 11) is 1.91. The van der Waals surface area contributed by atoms with Crippen LogP contribution < -0.4 is 0 Å². The van der Waals surface area contributed by atoms with Crippen molar-refractivity contribution >= 4 is 0 Å². The number of aliphatic hydroxyl groups is 1. The van der Waals surface area contributed by atoms with Crippen LogP contribution in [0.1, 0.15) is 25.3 Å². The van der Waals surface area contributed by atoms with E-state index in [2.05, 4.69) is 5.10 Å². The monoisotopic (exact) mass is 168 g/mol. The normalized spacial score (nSPS) is 13.2. The van der Waals surface area contributed by atoms with Crippen LogP contribution in [0.25, 0.3) is 0 Å². The predicted octanol–water partition coefficient (Wildman–Crippen LogP) is 1.12. The van der Waals surface area contributed by atoms with E-state index < -0.39 is 0 Å². The molecule has 3 nitrogen and oxygen atoms in total. The van der Waals surface area contributed by atoms with Gasteiger partial charge in [-0.15, -0.1) is 0 Å². The molecule has 0 saturated carbocycles. The zero-order valence-corrected chi connectivity index (χ0v) is 7.70. The summed E-state index contributed by atoms with van der Waals surface area (Å²) in [5.74, 6) is 0. The number of aromatic nitrogens is 2. The van der Waals surface area contributed by atoms with E-state index in [0.717, 1.165) is 19.3 Å². The van der Waals surface area contributed by atoms with Gasteiger partial charge < -0.3 is 5.11 Å². The first kappa shape index (κ1) is 9.26. The largest absolute Gasteiger partial charge is 0.393 e. The number of hydrogen-bond donors (Lipinski definition) is 1. The van der Waals surface area contributed by atoms with E-state index in [0.29, 0.717) is 0 Å². The van der Waals surface area contributed by atoms with Gasteiger partial charge in [0.25, 0.3) is 0 Å². The molecule has 1 N–H and O–H groups in total. The van der Waals surface area contributed by atoms with Gasteiger partial charge in [0.2, 0.25) is 0 Å². The summed E-state index contributed by atoms with van der Waals surface area (Å²) >= 11 is 0. The molecule has 0 saturated heterocycles. The standard InChI is InChI=1S/C9H16N2O/c1-8(12)4-3-5-9-6-10-11(2)7-9/h6-8,12H,3-5H2,1-2H3. The lowest BCUT2D eigenvalue weighted by molar-refractivity contribution is 0.182. The SMILES string of the molecule is CC(O)CCCc1cnn(C)c1. The zero-order chi connectivity index (χ0) is 8.97. The second-order valence-corrected chi connectivity index (χ2v) is 3.26. The van der Waals surface area contributed by atoms with Crippen LogP contribution in [0.4, 0.5) is 0 Å². The third-order valence-electron chi connectivity index (χ3n) is 1.85. The highest BCUT2D eigenvalue weighted by Crippen LogP contribution is 2.04. The number of nitrogens with zero attached hydrogens (tertiary/aromatic N) is 2. The summed E-state index contributed by atoms with van der Waals surface area (Å²) < 4.78 is 1.80. The average molecular weight is 168 g/mol. The van der Waals surface area contributed by atoms with E-state index in [4.69, 9.17) is 5.11 Å². The topological polar surface area (TPSA) is 38.1 Å². The summed E-state index contributed by atoms with van der Waals surface area (Å²) in [5, 5.41) is 13.1. The molecule has 0 aliphatic rings. The Morgan fingerprint density at radius 3 is 2.92 bits per heavy atom. The molecule has 3 heteroatoms. The summed E-state index contributed by atoms with van der Waals surface area (Å²) in [4.78, 5) is 0. The third-order valence-corrected chi connectivity index (χ3v) is 1.85. The van der Waals surface area contributed by atoms with Crippen LogP contribution in [0.3, 0.4) is 0 Å². The van der Waals surface area contributed by atoms with E-state index >= 15 is 0 Å². The Morgan fingerprint density at radius 1 is 1.67 bits per heavy atom. The second kappa shape index (κ2) is 4.26. The molecule has 1 aromatic heterocycles. The van der Waals surface area contributed by atoms with Crippen molar-refractivity contribution in [1.82, 2.24) is 9.78 Å². The van der Waals surface area contributed by atoms with E-state index in [9.17, 15) is 0 Å². The van der Waals surface area contributed by atoms with Crippen LogP contribution in [0, 0.1) is 0 Å². The molecule has 0 amide bonds. The van der Waals surface area contributed by atoms with Gasteiger partial charge in [-0.1, -0.05) is 0 Å². The quantitative estimate of drug-likeness (QED) is 0.731. The first-order valence-corrected chi connectivity index (χ1v) is 4.34. The van der Waals surface area contributed by atoms with Crippen LogP contribution in [0.15, 0.2) is 12.4 Å². The van der Waals surface area contributed by atoms with Gasteiger partial charge in [-0.3, -0.25) is 4.68 Å². The number of rotatable bonds is 4. The van der Waals surface area contributed by atoms with E-state index in [-0.39, 0.29) is 6.10 Å². The molecular formula is C9H16N2O. The molecule has 0 fully saturated rings. The number of aryl methyl sites for hydroxylation is 2. The van der Waals surface area contributed by atoms with Crippen molar-refractivity contribution in [3.63, 3.8) is 0 Å². The minimum atomic E-state index is -0.179. The van der Waals surface area contributed by atoms with Gasteiger partial charge in [-0.2, -0.15) is 5.10 Å². The minimum absolute atomic E-state index is 0.179. The Balaban J connectivity index is 2.24. The summed E-state index contributed by atoms with van der Waals surface area (Å²) in [5.41, 5.74) is 1.25. The summed E-state index contributed by atoms with van der Waals surface area (Å²) in [6.45, 7) is 1.82. The first-order valence-electron chi connectivity index (χ1n) is 4.34. The maximum Gasteiger partial charge on any atom is 0.0521 e. The molecule has 1 aromatic rings. The first-order chi connectivity index (χ1) is 5.68. The van der Waals surface area contributed by atoms with E-state index in [1.54, 1.807) is 4.68 Å². The van der Waals surface area contributed by atoms with Gasteiger partial charge in [-0.25, -0.2) is 0 Å². The van der Waals surface area contributed by atoms with Gasteiger partial charge in [0.1, 0.15) is 0 Å². The Labute approximate surface area is 73.0 Å². The molecule has 0 aliphatic carbocycles. The van der Waals surface area contributed by atoms with Crippen LogP contribution in [-0.4, -0.2) is 21.0 Å². The third kappa shape index (κ3) is 3.05. The highest BCUT2D eigenvalue weighted by atomic mass is 16.3. The molecule has 0 spiro atoms. The molecule has 0 radical (unpaired) electrons. The smallest absolute Gasteiger partial charge is 0.0521 e. The van der Waals surface area contributed by atoms with Gasteiger partial charge >= 0.3 is 0 Å². The Morgan fingerprint density at radius 2 is 2.42 bits per heavy atom. The fourth-order valence-corrected chi connectivity index (χ4v) is 1.20. The molecule has 1 heterocycles. The van der Waals surface area contributed by atoms with E-state index in [1.165, 1.54) is 5.56 Å². The summed E-state index contributed by atoms with van der Waals surface area (Å²) in [6, 6.07) is 0. The van der Waals surface area contributed by atoms with Crippen molar-refractivity contribution in [2.45, 2.75) is 32.3 Å². The fraction of sp³-hybridized carbons (Fsp3) is 0.667. The average Bonchev–Trinajstić information content (AvgIpc) is 2.35. The molecular weight excluding hydrogens is 152 g/mol. The van der Waals surface area contributed by atoms with Crippen LogP contribution in [0.5, 0.6) is 0 Å². The number of aliphatic hydroxyl groups excluding tert-OH is 1. The van der Waals surface area contributed by atoms with Crippen molar-refractivity contribution in [2.24, 2.45) is 7.05 Å². The van der Waals surface area contributed by atoms with Crippen LogP contribution >= 0.6 is 0 Å². The van der Waals surface area contributed by atoms with Gasteiger partial charge in [-0.05, 0) is 31.7 Å². The maximum absolute atomic E-state index is 9.01. The summed E-state index contributed by atoms with van der Waals surface area (Å²) in [6.07, 6.45) is 6.63. The van der Waals surface area contributed by atoms with Crippen molar-refractivity contribution in [1.29, 1.82) is 0 Å². The lowest BCUT2D eigenvalue weighted by Crippen LogP contribution is -1.99. The molecule has 1 unspecified atom stereocenters. The van der Waals surface area contributed by atoms with Gasteiger partial charge in [0.15, 0.2) is 0 Å². The van der Waals surface area contributed by atoms with Gasteiger partial charge in [0, 0.05) is 13.2 Å². The minimum Gasteiger partial charge on any atom is -0.393 e. The van der Waals surface area contributed by atoms with E-state index in [1.807, 2.05) is 26.4 Å². The lowest BCUT2D eigenvalue weighted by atomic mass is 10.1. The highest BCUT2D eigenvalue weighted by Gasteiger charge is 1.98. The van der Waals surface area contributed by atoms with Crippen LogP contribution in [0.2, 0.25) is 0 Å². The second-order valence-electron chi connectivity index (χ2n) is 3.26. The Hall–Kier alpha value is -0.830. The zero-order valence-electron chi connectivity index (χ0n) is 7.70. The Bertz CT molecular complexity index is 230. The molecule has 0 aromatic carbocycles. The van der Waals surface area contributed by atoms with Crippen LogP contribution in [-0.2, 0) is 13.5 Å². The van der Waals surface area contributed by atoms with Gasteiger partial charge in [0.05, 0.1) is 12.3 Å². The van der Waals surface area contributed by atoms with Crippen molar-refractivity contribution in [3.8, 4) is 0 Å². The fourth-order valence-electron chi connectivity index (χ4n) is 1.20. The Kier molecular flexibility index (Phi) is 3.29. The molecule has 0 bridgehead atoms. The maximum atomic E-state index is 9.01. The molecule has 12 heavy (non-hydrogen) atoms. The molecule has 1 atom stereocenters. The molecule has 68 valence electrons. The van der Waals surface area contributed by atoms with Crippen molar-refractivity contribution in [2.75, 3.05) is 0 Å². The van der Waals surface area contributed by atoms with Crippen molar-refractivity contribution < 1.29 is 5.11 Å². The molecule has 1 rings (SSSR count).